The molecule has 4 saturated carbocycles. The van der Waals surface area contributed by atoms with Crippen molar-refractivity contribution < 1.29 is 109 Å². The van der Waals surface area contributed by atoms with E-state index in [1.807, 2.05) is 0 Å². The molecular formula is C50H82O22. The van der Waals surface area contributed by atoms with Crippen molar-refractivity contribution in [2.45, 2.75) is 227 Å². The molecule has 0 radical (unpaired) electrons. The molecule has 6 saturated heterocycles. The largest absolute Gasteiger partial charge is 0.394 e. The lowest BCUT2D eigenvalue weighted by molar-refractivity contribution is -0.404. The highest BCUT2D eigenvalue weighted by atomic mass is 16.8. The van der Waals surface area contributed by atoms with E-state index < -0.39 is 149 Å². The zero-order chi connectivity index (χ0) is 51.3. The van der Waals surface area contributed by atoms with E-state index in [0.717, 1.165) is 51.6 Å². The van der Waals surface area contributed by atoms with Crippen LogP contribution in [0.2, 0.25) is 0 Å². The zero-order valence-corrected chi connectivity index (χ0v) is 41.7. The molecule has 414 valence electrons. The van der Waals surface area contributed by atoms with Crippen LogP contribution in [0.4, 0.5) is 0 Å². The Labute approximate surface area is 419 Å². The first-order valence-electron chi connectivity index (χ1n) is 26.7. The molecule has 1 spiro atoms. The summed E-state index contributed by atoms with van der Waals surface area (Å²) in [4.78, 5) is 0. The second kappa shape index (κ2) is 21.1. The number of aliphatic hydroxyl groups excluding tert-OH is 12. The number of ether oxygens (including phenoxy) is 10. The maximum absolute atomic E-state index is 11.8. The summed E-state index contributed by atoms with van der Waals surface area (Å²) in [6.45, 7) is 7.42. The van der Waals surface area contributed by atoms with Gasteiger partial charge in [0.15, 0.2) is 30.9 Å². The van der Waals surface area contributed by atoms with E-state index in [1.165, 1.54) is 12.8 Å². The van der Waals surface area contributed by atoms with Crippen LogP contribution >= 0.6 is 0 Å². The maximum Gasteiger partial charge on any atom is 0.187 e. The Morgan fingerprint density at radius 1 is 0.514 bits per heavy atom. The van der Waals surface area contributed by atoms with E-state index in [9.17, 15) is 61.3 Å². The van der Waals surface area contributed by atoms with Crippen molar-refractivity contribution in [2.75, 3.05) is 33.0 Å². The van der Waals surface area contributed by atoms with E-state index in [2.05, 4.69) is 27.7 Å². The van der Waals surface area contributed by atoms with Gasteiger partial charge in [-0.05, 0) is 104 Å². The molecule has 0 amide bonds. The Bertz CT molecular complexity index is 1830. The van der Waals surface area contributed by atoms with Gasteiger partial charge in [-0.1, -0.05) is 27.7 Å². The van der Waals surface area contributed by atoms with Gasteiger partial charge in [-0.15, -0.1) is 0 Å². The third kappa shape index (κ3) is 9.26. The van der Waals surface area contributed by atoms with Gasteiger partial charge in [0, 0.05) is 12.3 Å². The topological polar surface area (TPSA) is 335 Å². The smallest absolute Gasteiger partial charge is 0.187 e. The van der Waals surface area contributed by atoms with Crippen molar-refractivity contribution in [3.63, 3.8) is 0 Å². The number of fused-ring (bicyclic) bond motifs is 7. The molecule has 22 nitrogen and oxygen atoms in total. The molecule has 6 heterocycles. The molecule has 0 bridgehead atoms. The molecule has 12 N–H and O–H groups in total. The summed E-state index contributed by atoms with van der Waals surface area (Å²) >= 11 is 0. The van der Waals surface area contributed by atoms with Crippen LogP contribution in [-0.2, 0) is 47.4 Å². The fraction of sp³-hybridized carbons (Fsp3) is 1.00. The summed E-state index contributed by atoms with van der Waals surface area (Å²) in [7, 11) is 0. The first kappa shape index (κ1) is 54.5. The summed E-state index contributed by atoms with van der Waals surface area (Å²) < 4.78 is 61.4. The van der Waals surface area contributed by atoms with Gasteiger partial charge in [0.25, 0.3) is 0 Å². The van der Waals surface area contributed by atoms with E-state index in [0.29, 0.717) is 47.8 Å². The standard InChI is InChI=1S/C50H82O22/c1-20-7-12-50(64-18-20)21(2)32-28(72-50)14-26-24-6-5-22-13-23(8-10-48(22,3)25(24)9-11-49(26,32)4)65-45-40(62)37(59)41(31(17-53)68-45)69-47-43(71-46-39(61)36(58)34(56)29(15-51)66-46)42(35(57)30(16-52)67-47)70-44-38(60)33(55)27(54)19-63-44/h20-47,51-62H,5-19H2,1-4H3/t20-,21-,22-,23+,24+,25-,26-,27-,28-,29-,30-,31-,32-,33-,34-,35-,36-,37-,38-,39-,40+,41-,42-,43-,44+,45-,46-,47+,48-,49-,50+/m0/s1. The van der Waals surface area contributed by atoms with Gasteiger partial charge < -0.3 is 109 Å². The van der Waals surface area contributed by atoms with E-state index in [-0.39, 0.29) is 23.0 Å². The minimum Gasteiger partial charge on any atom is -0.394 e. The first-order valence-corrected chi connectivity index (χ1v) is 26.7. The van der Waals surface area contributed by atoms with Crippen molar-refractivity contribution in [1.29, 1.82) is 0 Å². The van der Waals surface area contributed by atoms with Crippen LogP contribution in [0.25, 0.3) is 0 Å². The van der Waals surface area contributed by atoms with Gasteiger partial charge in [0.2, 0.25) is 0 Å². The molecular weight excluding hydrogens is 953 g/mol. The molecule has 10 rings (SSSR count). The number of hydrogen-bond acceptors (Lipinski definition) is 22. The van der Waals surface area contributed by atoms with E-state index in [4.69, 9.17) is 47.4 Å². The van der Waals surface area contributed by atoms with Crippen LogP contribution in [-0.4, -0.2) is 229 Å². The molecule has 0 aromatic carbocycles. The van der Waals surface area contributed by atoms with Crippen LogP contribution < -0.4 is 0 Å². The van der Waals surface area contributed by atoms with Gasteiger partial charge >= 0.3 is 0 Å². The highest BCUT2D eigenvalue weighted by Gasteiger charge is 2.69. The van der Waals surface area contributed by atoms with Gasteiger partial charge in [0.05, 0.1) is 45.2 Å². The third-order valence-corrected chi connectivity index (χ3v) is 20.0. The van der Waals surface area contributed by atoms with Crippen molar-refractivity contribution in [3.05, 3.63) is 0 Å². The van der Waals surface area contributed by atoms with Gasteiger partial charge in [0.1, 0.15) is 91.6 Å². The van der Waals surface area contributed by atoms with E-state index >= 15 is 0 Å². The fourth-order valence-corrected chi connectivity index (χ4v) is 15.9. The second-order valence-electron chi connectivity index (χ2n) is 23.9. The lowest BCUT2D eigenvalue weighted by atomic mass is 9.44. The lowest BCUT2D eigenvalue weighted by Crippen LogP contribution is -2.68. The highest BCUT2D eigenvalue weighted by molar-refractivity contribution is 5.15. The summed E-state index contributed by atoms with van der Waals surface area (Å²) in [5, 5.41) is 129. The van der Waals surface area contributed by atoms with Gasteiger partial charge in [-0.2, -0.15) is 0 Å². The molecule has 10 fully saturated rings. The van der Waals surface area contributed by atoms with Crippen LogP contribution in [0, 0.1) is 52.3 Å². The predicted octanol–water partition coefficient (Wildman–Crippen LogP) is -2.27. The van der Waals surface area contributed by atoms with Crippen molar-refractivity contribution in [1.82, 2.24) is 0 Å². The van der Waals surface area contributed by atoms with Crippen LogP contribution in [0.1, 0.15) is 91.9 Å². The number of aliphatic hydroxyl groups is 12. The summed E-state index contributed by atoms with van der Waals surface area (Å²) in [6, 6.07) is 0. The Morgan fingerprint density at radius 2 is 1.14 bits per heavy atom. The van der Waals surface area contributed by atoms with Gasteiger partial charge in [-0.3, -0.25) is 0 Å². The molecule has 0 aromatic rings. The van der Waals surface area contributed by atoms with Crippen LogP contribution in [0.5, 0.6) is 0 Å². The molecule has 10 aliphatic rings. The molecule has 0 aromatic heterocycles. The normalized spacial score (nSPS) is 57.8. The average Bonchev–Trinajstić information content (AvgIpc) is 3.82. The summed E-state index contributed by atoms with van der Waals surface area (Å²) in [5.41, 5.74) is 0.293. The maximum atomic E-state index is 11.8. The number of rotatable bonds is 11. The SMILES string of the molecule is C[C@H]1CC[C@@]2(OC1)O[C@H]1C[C@H]3[C@@H]4CC[C@H]5C[C@H](O[C@H]6O[C@@H](CO)[C@H](O[C@H]7O[C@@H](CO)[C@H](O)[C@H](O[C@H]8OC[C@H](O)[C@H](O)[C@@H]8O)[C@@H]7O[C@@H]7O[C@@H](CO)[C@H](O)[C@H](O)[C@@H]7O)[C@@H](O)[C@H]6O)CC[C@]5(C)[C@H]4CC[C@]3(C)[C@H]1[C@@H]2C. The Balaban J connectivity index is 0.812. The average molecular weight is 1040 g/mol. The minimum absolute atomic E-state index is 0.0916. The molecule has 72 heavy (non-hydrogen) atoms. The van der Waals surface area contributed by atoms with E-state index in [1.54, 1.807) is 0 Å². The molecule has 22 heteroatoms. The predicted molar refractivity (Wildman–Crippen MR) is 242 cm³/mol. The molecule has 31 atom stereocenters. The Kier molecular flexibility index (Phi) is 15.9. The monoisotopic (exact) mass is 1030 g/mol. The Morgan fingerprint density at radius 3 is 1.85 bits per heavy atom. The first-order chi connectivity index (χ1) is 34.3. The third-order valence-electron chi connectivity index (χ3n) is 20.0. The zero-order valence-electron chi connectivity index (χ0n) is 41.7. The lowest BCUT2D eigenvalue weighted by Gasteiger charge is -2.61. The summed E-state index contributed by atoms with van der Waals surface area (Å²) in [5.74, 6) is 3.06. The molecule has 6 aliphatic heterocycles. The fourth-order valence-electron chi connectivity index (χ4n) is 15.9. The van der Waals surface area contributed by atoms with Crippen LogP contribution in [0.3, 0.4) is 0 Å². The van der Waals surface area contributed by atoms with Crippen LogP contribution in [0.15, 0.2) is 0 Å². The molecule has 4 aliphatic carbocycles. The van der Waals surface area contributed by atoms with Crippen molar-refractivity contribution in [2.24, 2.45) is 52.3 Å². The highest BCUT2D eigenvalue weighted by Crippen LogP contribution is 2.71. The molecule has 0 unspecified atom stereocenters. The quantitative estimate of drug-likeness (QED) is 0.0971. The van der Waals surface area contributed by atoms with Crippen molar-refractivity contribution in [3.8, 4) is 0 Å². The summed E-state index contributed by atoms with van der Waals surface area (Å²) in [6.07, 6.45) is -22.9. The minimum atomic E-state index is -2.00. The Hall–Kier alpha value is -0.880. The number of hydrogen-bond donors (Lipinski definition) is 12. The second-order valence-corrected chi connectivity index (χ2v) is 23.9. The van der Waals surface area contributed by atoms with Crippen molar-refractivity contribution >= 4 is 0 Å². The van der Waals surface area contributed by atoms with Gasteiger partial charge in [-0.25, -0.2) is 0 Å².